The SMILES string of the molecule is CC1C=C(C(C)(C)C)C=C1c1ccc2c(c1C(C)C)Cc1ccccc1-2. The van der Waals surface area contributed by atoms with Crippen molar-refractivity contribution in [2.45, 2.75) is 53.9 Å². The Balaban J connectivity index is 1.87. The highest BCUT2D eigenvalue weighted by Crippen LogP contribution is 2.46. The van der Waals surface area contributed by atoms with Crippen LogP contribution in [-0.4, -0.2) is 0 Å². The topological polar surface area (TPSA) is 0 Å². The number of rotatable bonds is 2. The largest absolute Gasteiger partial charge is 0.0735 e. The van der Waals surface area contributed by atoms with Gasteiger partial charge in [-0.1, -0.05) is 90.1 Å². The molecule has 26 heavy (non-hydrogen) atoms. The Morgan fingerprint density at radius 3 is 2.27 bits per heavy atom. The molecule has 0 saturated heterocycles. The molecular weight excluding hydrogens is 312 g/mol. The summed E-state index contributed by atoms with van der Waals surface area (Å²) in [5.41, 5.74) is 12.1. The summed E-state index contributed by atoms with van der Waals surface area (Å²) in [6, 6.07) is 13.7. The van der Waals surface area contributed by atoms with Gasteiger partial charge in [0.25, 0.3) is 0 Å². The third-order valence-corrected chi connectivity index (χ3v) is 6.02. The van der Waals surface area contributed by atoms with E-state index >= 15 is 0 Å². The molecule has 0 radical (unpaired) electrons. The molecule has 134 valence electrons. The summed E-state index contributed by atoms with van der Waals surface area (Å²) in [6.45, 7) is 14.0. The van der Waals surface area contributed by atoms with Crippen LogP contribution in [0.4, 0.5) is 0 Å². The van der Waals surface area contributed by atoms with E-state index in [4.69, 9.17) is 0 Å². The Morgan fingerprint density at radius 1 is 0.923 bits per heavy atom. The molecule has 4 rings (SSSR count). The maximum absolute atomic E-state index is 2.46. The van der Waals surface area contributed by atoms with E-state index < -0.39 is 0 Å². The third kappa shape index (κ3) is 2.67. The molecule has 0 aromatic heterocycles. The van der Waals surface area contributed by atoms with E-state index in [0.717, 1.165) is 6.42 Å². The predicted octanol–water partition coefficient (Wildman–Crippen LogP) is 7.39. The molecule has 0 aliphatic heterocycles. The summed E-state index contributed by atoms with van der Waals surface area (Å²) in [5, 5.41) is 0. The van der Waals surface area contributed by atoms with Crippen molar-refractivity contribution in [1.82, 2.24) is 0 Å². The minimum atomic E-state index is 0.209. The second kappa shape index (κ2) is 5.98. The van der Waals surface area contributed by atoms with E-state index in [1.165, 1.54) is 33.4 Å². The van der Waals surface area contributed by atoms with E-state index in [0.29, 0.717) is 11.8 Å². The molecule has 0 fully saturated rings. The summed E-state index contributed by atoms with van der Waals surface area (Å²) >= 11 is 0. The highest BCUT2D eigenvalue weighted by atomic mass is 14.3. The van der Waals surface area contributed by atoms with Crippen molar-refractivity contribution in [1.29, 1.82) is 0 Å². The van der Waals surface area contributed by atoms with Crippen LogP contribution in [0.5, 0.6) is 0 Å². The molecule has 2 aliphatic carbocycles. The van der Waals surface area contributed by atoms with Crippen molar-refractivity contribution in [3.05, 3.63) is 76.4 Å². The second-order valence-electron chi connectivity index (χ2n) is 9.30. The van der Waals surface area contributed by atoms with Gasteiger partial charge in [0.2, 0.25) is 0 Å². The third-order valence-electron chi connectivity index (χ3n) is 6.02. The lowest BCUT2D eigenvalue weighted by atomic mass is 9.83. The number of hydrogen-bond acceptors (Lipinski definition) is 0. The monoisotopic (exact) mass is 342 g/mol. The number of hydrogen-bond donors (Lipinski definition) is 0. The first-order chi connectivity index (χ1) is 12.3. The fourth-order valence-electron chi connectivity index (χ4n) is 4.64. The van der Waals surface area contributed by atoms with Crippen LogP contribution >= 0.6 is 0 Å². The van der Waals surface area contributed by atoms with Crippen LogP contribution in [-0.2, 0) is 6.42 Å². The van der Waals surface area contributed by atoms with E-state index in [9.17, 15) is 0 Å². The van der Waals surface area contributed by atoms with Gasteiger partial charge in [0.15, 0.2) is 0 Å². The van der Waals surface area contributed by atoms with Crippen LogP contribution in [0.3, 0.4) is 0 Å². The van der Waals surface area contributed by atoms with Crippen molar-refractivity contribution in [3.63, 3.8) is 0 Å². The van der Waals surface area contributed by atoms with Crippen LogP contribution in [0.2, 0.25) is 0 Å². The maximum atomic E-state index is 2.46. The van der Waals surface area contributed by atoms with Gasteiger partial charge in [-0.15, -0.1) is 0 Å². The van der Waals surface area contributed by atoms with Crippen LogP contribution in [0.25, 0.3) is 16.7 Å². The molecule has 0 saturated carbocycles. The van der Waals surface area contributed by atoms with Crippen molar-refractivity contribution in [3.8, 4) is 11.1 Å². The Hall–Kier alpha value is -2.08. The van der Waals surface area contributed by atoms with Crippen LogP contribution < -0.4 is 0 Å². The highest BCUT2D eigenvalue weighted by molar-refractivity contribution is 5.84. The van der Waals surface area contributed by atoms with Crippen molar-refractivity contribution < 1.29 is 0 Å². The Morgan fingerprint density at radius 2 is 1.62 bits per heavy atom. The molecule has 1 atom stereocenters. The molecule has 0 spiro atoms. The lowest BCUT2D eigenvalue weighted by Gasteiger charge is -2.21. The smallest absolute Gasteiger partial charge is 0.000173 e. The zero-order chi connectivity index (χ0) is 18.6. The van der Waals surface area contributed by atoms with Crippen molar-refractivity contribution in [2.75, 3.05) is 0 Å². The summed E-state index contributed by atoms with van der Waals surface area (Å²) in [4.78, 5) is 0. The highest BCUT2D eigenvalue weighted by Gasteiger charge is 2.29. The van der Waals surface area contributed by atoms with Gasteiger partial charge in [0.1, 0.15) is 0 Å². The molecular formula is C26H30. The average molecular weight is 343 g/mol. The van der Waals surface area contributed by atoms with Gasteiger partial charge in [-0.05, 0) is 62.3 Å². The zero-order valence-electron chi connectivity index (χ0n) is 17.0. The summed E-state index contributed by atoms with van der Waals surface area (Å²) in [7, 11) is 0. The van der Waals surface area contributed by atoms with Gasteiger partial charge >= 0.3 is 0 Å². The van der Waals surface area contributed by atoms with Gasteiger partial charge in [-0.3, -0.25) is 0 Å². The van der Waals surface area contributed by atoms with Gasteiger partial charge < -0.3 is 0 Å². The predicted molar refractivity (Wildman–Crippen MR) is 113 cm³/mol. The Bertz CT molecular complexity index is 929. The number of fused-ring (bicyclic) bond motifs is 3. The molecule has 0 amide bonds. The first-order valence-electron chi connectivity index (χ1n) is 9.95. The van der Waals surface area contributed by atoms with Crippen LogP contribution in [0.1, 0.15) is 69.7 Å². The molecule has 2 aromatic carbocycles. The van der Waals surface area contributed by atoms with Crippen molar-refractivity contribution >= 4 is 5.57 Å². The fraction of sp³-hybridized carbons (Fsp3) is 0.385. The minimum absolute atomic E-state index is 0.209. The van der Waals surface area contributed by atoms with Gasteiger partial charge in [-0.25, -0.2) is 0 Å². The number of benzene rings is 2. The molecule has 2 aromatic rings. The van der Waals surface area contributed by atoms with E-state index in [1.807, 2.05) is 0 Å². The van der Waals surface area contributed by atoms with E-state index in [1.54, 1.807) is 11.1 Å². The second-order valence-corrected chi connectivity index (χ2v) is 9.30. The zero-order valence-corrected chi connectivity index (χ0v) is 17.0. The van der Waals surface area contributed by atoms with Crippen LogP contribution in [0, 0.1) is 11.3 Å². The molecule has 0 bridgehead atoms. The molecule has 0 heteroatoms. The van der Waals surface area contributed by atoms with Crippen molar-refractivity contribution in [2.24, 2.45) is 11.3 Å². The molecule has 0 N–H and O–H groups in total. The lowest BCUT2D eigenvalue weighted by Crippen LogP contribution is -2.06. The first kappa shape index (κ1) is 17.3. The normalized spacial score (nSPS) is 18.7. The standard InChI is InChI=1S/C26H30/c1-16(2)25-22(23-15-19(13-17(23)3)26(4,5)6)12-11-21-20-10-8-7-9-18(20)14-24(21)25/h7-13,15-17H,14H2,1-6H3. The summed E-state index contributed by atoms with van der Waals surface area (Å²) in [5.74, 6) is 1.02. The minimum Gasteiger partial charge on any atom is -0.0735 e. The molecule has 0 heterocycles. The lowest BCUT2D eigenvalue weighted by molar-refractivity contribution is 0.516. The van der Waals surface area contributed by atoms with Gasteiger partial charge in [0.05, 0.1) is 0 Å². The number of allylic oxidation sites excluding steroid dienone is 4. The summed E-state index contributed by atoms with van der Waals surface area (Å²) in [6.07, 6.45) is 6.00. The quantitative estimate of drug-likeness (QED) is 0.455. The Kier molecular flexibility index (Phi) is 3.99. The van der Waals surface area contributed by atoms with Gasteiger partial charge in [0, 0.05) is 5.92 Å². The van der Waals surface area contributed by atoms with E-state index in [2.05, 4.69) is 90.1 Å². The van der Waals surface area contributed by atoms with Crippen LogP contribution in [0.15, 0.2) is 54.1 Å². The molecule has 0 nitrogen and oxygen atoms in total. The van der Waals surface area contributed by atoms with Gasteiger partial charge in [-0.2, -0.15) is 0 Å². The fourth-order valence-corrected chi connectivity index (χ4v) is 4.64. The van der Waals surface area contributed by atoms with E-state index in [-0.39, 0.29) is 5.41 Å². The Labute approximate surface area is 158 Å². The molecule has 2 aliphatic rings. The summed E-state index contributed by atoms with van der Waals surface area (Å²) < 4.78 is 0. The maximum Gasteiger partial charge on any atom is 0.000173 e. The average Bonchev–Trinajstić information content (AvgIpc) is 3.13. The first-order valence-corrected chi connectivity index (χ1v) is 9.95. The molecule has 1 unspecified atom stereocenters.